The Balaban J connectivity index is 2.03. The second-order valence-corrected chi connectivity index (χ2v) is 15.5. The van der Waals surface area contributed by atoms with Crippen LogP contribution in [-0.4, -0.2) is 30.9 Å². The molecule has 2 heterocycles. The highest BCUT2D eigenvalue weighted by Gasteiger charge is 2.49. The first-order valence-electron chi connectivity index (χ1n) is 13.6. The van der Waals surface area contributed by atoms with Gasteiger partial charge >= 0.3 is 0 Å². The average molecular weight is 545 g/mol. The standard InChI is InChI=1S/C34H44N2S2/c1-31(2,3)23-17-13-21(14-18-23)27-25-26(30(38)35(27)33(7,8)9)28(36(29(25)37)34(10,11)12)22-15-19-24(20-16-22)32(4,5)6/h13-20H,1-12H3. The Hall–Kier alpha value is -2.30. The molecule has 38 heavy (non-hydrogen) atoms. The summed E-state index contributed by atoms with van der Waals surface area (Å²) in [5, 5.41) is 0. The van der Waals surface area contributed by atoms with Crippen molar-refractivity contribution >= 4 is 45.8 Å². The van der Waals surface area contributed by atoms with E-state index in [1.807, 2.05) is 0 Å². The SMILES string of the molecule is CC(C)(C)c1ccc(C2=C3C(=S)N(C(C)(C)C)C(c4ccc(C(C)(C)C)cc4)=C3C(=S)N2C(C)(C)C)cc1. The zero-order valence-electron chi connectivity index (χ0n) is 25.3. The molecule has 0 N–H and O–H groups in total. The van der Waals surface area contributed by atoms with Crippen molar-refractivity contribution in [3.8, 4) is 0 Å². The Bertz CT molecular complexity index is 1240. The fraction of sp³-hybridized carbons (Fsp3) is 0.471. The lowest BCUT2D eigenvalue weighted by Gasteiger charge is -2.40. The molecule has 0 bridgehead atoms. The fourth-order valence-corrected chi connectivity index (χ4v) is 6.51. The quantitative estimate of drug-likeness (QED) is 0.347. The molecule has 0 atom stereocenters. The van der Waals surface area contributed by atoms with Crippen LogP contribution < -0.4 is 0 Å². The van der Waals surface area contributed by atoms with Crippen molar-refractivity contribution in [2.24, 2.45) is 0 Å². The van der Waals surface area contributed by atoms with E-state index in [4.69, 9.17) is 24.4 Å². The summed E-state index contributed by atoms with van der Waals surface area (Å²) in [6.45, 7) is 26.9. The van der Waals surface area contributed by atoms with Crippen LogP contribution in [0.2, 0.25) is 0 Å². The van der Waals surface area contributed by atoms with Crippen molar-refractivity contribution in [2.75, 3.05) is 0 Å². The highest BCUT2D eigenvalue weighted by molar-refractivity contribution is 7.81. The van der Waals surface area contributed by atoms with Crippen molar-refractivity contribution < 1.29 is 0 Å². The van der Waals surface area contributed by atoms with Gasteiger partial charge < -0.3 is 9.80 Å². The van der Waals surface area contributed by atoms with E-state index >= 15 is 0 Å². The maximum Gasteiger partial charge on any atom is 0.117 e. The van der Waals surface area contributed by atoms with Gasteiger partial charge in [0.15, 0.2) is 0 Å². The van der Waals surface area contributed by atoms with E-state index in [1.165, 1.54) is 11.1 Å². The zero-order valence-corrected chi connectivity index (χ0v) is 27.0. The van der Waals surface area contributed by atoms with E-state index in [2.05, 4.69) is 141 Å². The van der Waals surface area contributed by atoms with Crippen LogP contribution >= 0.6 is 24.4 Å². The van der Waals surface area contributed by atoms with Crippen LogP contribution in [0.25, 0.3) is 11.4 Å². The van der Waals surface area contributed by atoms with Crippen LogP contribution in [0.1, 0.15) is 105 Å². The molecule has 2 aromatic carbocycles. The number of nitrogens with zero attached hydrogens (tertiary/aromatic N) is 2. The first-order chi connectivity index (χ1) is 17.2. The Kier molecular flexibility index (Phi) is 6.90. The predicted molar refractivity (Wildman–Crippen MR) is 173 cm³/mol. The number of rotatable bonds is 2. The van der Waals surface area contributed by atoms with E-state index in [9.17, 15) is 0 Å². The first kappa shape index (κ1) is 28.7. The minimum Gasteiger partial charge on any atom is -0.326 e. The molecule has 2 nitrogen and oxygen atoms in total. The summed E-state index contributed by atoms with van der Waals surface area (Å²) in [4.78, 5) is 6.36. The van der Waals surface area contributed by atoms with E-state index in [-0.39, 0.29) is 21.9 Å². The van der Waals surface area contributed by atoms with Crippen LogP contribution in [0.15, 0.2) is 59.7 Å². The maximum atomic E-state index is 6.32. The van der Waals surface area contributed by atoms with Gasteiger partial charge in [0.2, 0.25) is 0 Å². The first-order valence-corrected chi connectivity index (χ1v) is 14.5. The van der Waals surface area contributed by atoms with Crippen LogP contribution in [0.4, 0.5) is 0 Å². The summed E-state index contributed by atoms with van der Waals surface area (Å²) in [6, 6.07) is 18.0. The Morgan fingerprint density at radius 1 is 0.447 bits per heavy atom. The Morgan fingerprint density at radius 3 is 0.921 bits per heavy atom. The molecule has 2 aliphatic heterocycles. The number of hydrogen-bond donors (Lipinski definition) is 0. The van der Waals surface area contributed by atoms with Crippen LogP contribution in [0.3, 0.4) is 0 Å². The number of fused-ring (bicyclic) bond motifs is 1. The fourth-order valence-electron chi connectivity index (χ4n) is 5.39. The van der Waals surface area contributed by atoms with Gasteiger partial charge in [-0.15, -0.1) is 0 Å². The smallest absolute Gasteiger partial charge is 0.117 e. The lowest BCUT2D eigenvalue weighted by atomic mass is 9.86. The molecule has 0 aliphatic carbocycles. The minimum absolute atomic E-state index is 0.0914. The van der Waals surface area contributed by atoms with Gasteiger partial charge in [0.05, 0.1) is 11.4 Å². The third-order valence-corrected chi connectivity index (χ3v) is 8.17. The summed E-state index contributed by atoms with van der Waals surface area (Å²) >= 11 is 12.6. The molecular formula is C34H44N2S2. The molecule has 2 aliphatic rings. The third kappa shape index (κ3) is 4.91. The summed E-state index contributed by atoms with van der Waals surface area (Å²) in [5.74, 6) is 0. The molecule has 4 heteroatoms. The van der Waals surface area contributed by atoms with Gasteiger partial charge in [-0.05, 0) is 74.6 Å². The molecule has 2 aromatic rings. The minimum atomic E-state index is -0.206. The molecule has 0 amide bonds. The predicted octanol–water partition coefficient (Wildman–Crippen LogP) is 9.29. The second-order valence-electron chi connectivity index (χ2n) is 14.7. The van der Waals surface area contributed by atoms with Crippen LogP contribution in [-0.2, 0) is 10.8 Å². The average Bonchev–Trinajstić information content (AvgIpc) is 3.25. The van der Waals surface area contributed by atoms with E-state index < -0.39 is 0 Å². The highest BCUT2D eigenvalue weighted by Crippen LogP contribution is 2.51. The number of benzene rings is 2. The largest absolute Gasteiger partial charge is 0.326 e. The van der Waals surface area contributed by atoms with Gasteiger partial charge in [-0.2, -0.15) is 0 Å². The second kappa shape index (κ2) is 9.13. The van der Waals surface area contributed by atoms with E-state index in [0.29, 0.717) is 0 Å². The molecule has 0 saturated heterocycles. The van der Waals surface area contributed by atoms with Gasteiger partial charge in [-0.1, -0.05) is 115 Å². The molecule has 0 spiro atoms. The van der Waals surface area contributed by atoms with Crippen molar-refractivity contribution in [1.82, 2.24) is 9.80 Å². The van der Waals surface area contributed by atoms with Gasteiger partial charge in [0, 0.05) is 22.2 Å². The van der Waals surface area contributed by atoms with Gasteiger partial charge in [-0.3, -0.25) is 0 Å². The van der Waals surface area contributed by atoms with Gasteiger partial charge in [0.1, 0.15) is 9.98 Å². The summed E-state index contributed by atoms with van der Waals surface area (Å²) in [5.41, 5.74) is 9.14. The number of hydrogen-bond acceptors (Lipinski definition) is 2. The molecule has 0 radical (unpaired) electrons. The summed E-state index contributed by atoms with van der Waals surface area (Å²) in [6.07, 6.45) is 0. The van der Waals surface area contributed by atoms with Crippen molar-refractivity contribution in [3.63, 3.8) is 0 Å². The Labute approximate surface area is 241 Å². The lowest BCUT2D eigenvalue weighted by Crippen LogP contribution is -2.44. The maximum absolute atomic E-state index is 6.32. The lowest BCUT2D eigenvalue weighted by molar-refractivity contribution is 0.328. The van der Waals surface area contributed by atoms with Crippen molar-refractivity contribution in [1.29, 1.82) is 0 Å². The molecule has 0 unspecified atom stereocenters. The summed E-state index contributed by atoms with van der Waals surface area (Å²) < 4.78 is 0. The molecule has 4 rings (SSSR count). The van der Waals surface area contributed by atoms with Crippen molar-refractivity contribution in [2.45, 2.75) is 105 Å². The van der Waals surface area contributed by atoms with Crippen LogP contribution in [0.5, 0.6) is 0 Å². The van der Waals surface area contributed by atoms with Crippen molar-refractivity contribution in [3.05, 3.63) is 81.9 Å². The highest BCUT2D eigenvalue weighted by atomic mass is 32.1. The normalized spacial score (nSPS) is 17.3. The number of thiocarbonyl (C=S) groups is 2. The Morgan fingerprint density at radius 2 is 0.711 bits per heavy atom. The molecule has 0 aromatic heterocycles. The summed E-state index contributed by atoms with van der Waals surface area (Å²) in [7, 11) is 0. The van der Waals surface area contributed by atoms with E-state index in [1.54, 1.807) is 0 Å². The topological polar surface area (TPSA) is 6.48 Å². The molecule has 0 fully saturated rings. The van der Waals surface area contributed by atoms with Crippen LogP contribution in [0, 0.1) is 0 Å². The molecular weight excluding hydrogens is 501 g/mol. The third-order valence-electron chi connectivity index (χ3n) is 7.40. The molecule has 202 valence electrons. The zero-order chi connectivity index (χ0) is 28.6. The van der Waals surface area contributed by atoms with E-state index in [0.717, 1.165) is 43.6 Å². The molecule has 0 saturated carbocycles. The monoisotopic (exact) mass is 544 g/mol. The van der Waals surface area contributed by atoms with Gasteiger partial charge in [-0.25, -0.2) is 0 Å². The van der Waals surface area contributed by atoms with Gasteiger partial charge in [0.25, 0.3) is 0 Å².